The van der Waals surface area contributed by atoms with E-state index in [9.17, 15) is 24.0 Å². The van der Waals surface area contributed by atoms with Gasteiger partial charge in [0.1, 0.15) is 5.75 Å². The Balaban J connectivity index is 1.26. The molecular weight excluding hydrogens is 502 g/mol. The Morgan fingerprint density at radius 2 is 1.59 bits per heavy atom. The van der Waals surface area contributed by atoms with E-state index >= 15 is 0 Å². The molecule has 0 unspecified atom stereocenters. The Kier molecular flexibility index (Phi) is 8.63. The largest absolute Gasteiger partial charge is 0.513 e. The zero-order valence-corrected chi connectivity index (χ0v) is 22.4. The van der Waals surface area contributed by atoms with Gasteiger partial charge in [-0.15, -0.1) is 0 Å². The van der Waals surface area contributed by atoms with Crippen LogP contribution in [0.1, 0.15) is 75.0 Å². The molecule has 206 valence electrons. The van der Waals surface area contributed by atoms with Gasteiger partial charge in [0.25, 0.3) is 23.6 Å². The number of hydrogen-bond acceptors (Lipinski definition) is 7. The maximum Gasteiger partial charge on any atom is 0.513 e. The van der Waals surface area contributed by atoms with Crippen LogP contribution in [0, 0.1) is 11.8 Å². The van der Waals surface area contributed by atoms with Gasteiger partial charge in [-0.3, -0.25) is 24.1 Å². The number of carbonyl (C=O) groups is 5. The molecule has 1 fully saturated rings. The summed E-state index contributed by atoms with van der Waals surface area (Å²) in [7, 11) is 0. The van der Waals surface area contributed by atoms with E-state index in [1.807, 2.05) is 13.8 Å². The summed E-state index contributed by atoms with van der Waals surface area (Å²) in [5, 5.41) is 2.93. The van der Waals surface area contributed by atoms with E-state index < -0.39 is 6.16 Å². The molecule has 0 spiro atoms. The number of carbonyl (C=O) groups excluding carboxylic acids is 5. The number of rotatable bonds is 8. The number of fused-ring (bicyclic) bond motifs is 1. The second kappa shape index (κ2) is 12.1. The quantitative estimate of drug-likeness (QED) is 0.310. The fraction of sp³-hybridized carbons (Fsp3) is 0.414. The topological polar surface area (TPSA) is 122 Å². The highest BCUT2D eigenvalue weighted by Crippen LogP contribution is 2.26. The maximum atomic E-state index is 13.1. The highest BCUT2D eigenvalue weighted by molar-refractivity contribution is 6.22. The van der Waals surface area contributed by atoms with E-state index in [-0.39, 0.29) is 53.4 Å². The molecule has 0 atom stereocenters. The lowest BCUT2D eigenvalue weighted by molar-refractivity contribution is 0.0635. The maximum absolute atomic E-state index is 13.1. The van der Waals surface area contributed by atoms with Gasteiger partial charge >= 0.3 is 6.16 Å². The average molecular weight is 536 g/mol. The lowest BCUT2D eigenvalue weighted by Gasteiger charge is -2.32. The third-order valence-corrected chi connectivity index (χ3v) is 6.80. The van der Waals surface area contributed by atoms with E-state index in [1.54, 1.807) is 36.1 Å². The first kappa shape index (κ1) is 27.8. The number of imide groups is 1. The Morgan fingerprint density at radius 3 is 2.23 bits per heavy atom. The fourth-order valence-electron chi connectivity index (χ4n) is 4.73. The molecule has 0 aromatic heterocycles. The van der Waals surface area contributed by atoms with Crippen molar-refractivity contribution < 1.29 is 33.4 Å². The minimum atomic E-state index is -0.799. The van der Waals surface area contributed by atoms with Crippen molar-refractivity contribution in [3.05, 3.63) is 64.7 Å². The number of nitrogens with one attached hydrogen (secondary N) is 1. The van der Waals surface area contributed by atoms with Crippen molar-refractivity contribution in [3.8, 4) is 5.75 Å². The number of amides is 4. The molecule has 2 aromatic carbocycles. The first-order valence-corrected chi connectivity index (χ1v) is 13.2. The van der Waals surface area contributed by atoms with Gasteiger partial charge in [0, 0.05) is 37.3 Å². The number of likely N-dealkylation sites (tertiary alicyclic amines) is 1. The molecular formula is C29H33N3O7. The molecule has 2 heterocycles. The Labute approximate surface area is 227 Å². The number of ether oxygens (including phenoxy) is 2. The predicted octanol–water partition coefficient (Wildman–Crippen LogP) is 3.76. The summed E-state index contributed by atoms with van der Waals surface area (Å²) in [4.78, 5) is 65.4. The second-order valence-electron chi connectivity index (χ2n) is 10.1. The van der Waals surface area contributed by atoms with Gasteiger partial charge in [-0.2, -0.15) is 0 Å². The summed E-state index contributed by atoms with van der Waals surface area (Å²) in [5.74, 6) is -0.423. The zero-order chi connectivity index (χ0) is 28.1. The number of benzene rings is 2. The average Bonchev–Trinajstić information content (AvgIpc) is 3.16. The summed E-state index contributed by atoms with van der Waals surface area (Å²) in [5.41, 5.74) is 1.45. The standard InChI is InChI=1S/C29H33N3O7/c1-4-38-29(37)39-22-8-5-20(6-9-22)25(33)30-16-19-11-13-31(14-12-19)26(34)21-7-10-23-24(15-21)28(36)32(27(23)35)17-18(2)3/h5-10,15,18-19H,4,11-14,16-17H2,1-3H3,(H,30,33). The van der Waals surface area contributed by atoms with Crippen LogP contribution < -0.4 is 10.1 Å². The van der Waals surface area contributed by atoms with Gasteiger partial charge in [0.05, 0.1) is 17.7 Å². The van der Waals surface area contributed by atoms with Gasteiger partial charge in [-0.25, -0.2) is 4.79 Å². The minimum absolute atomic E-state index is 0.150. The second-order valence-corrected chi connectivity index (χ2v) is 10.1. The summed E-state index contributed by atoms with van der Waals surface area (Å²) in [6.45, 7) is 7.65. The van der Waals surface area contributed by atoms with Gasteiger partial charge < -0.3 is 19.7 Å². The van der Waals surface area contributed by atoms with Crippen molar-refractivity contribution in [1.82, 2.24) is 15.1 Å². The third kappa shape index (κ3) is 6.45. The smallest absolute Gasteiger partial charge is 0.434 e. The molecule has 4 amide bonds. The van der Waals surface area contributed by atoms with Gasteiger partial charge in [-0.05, 0) is 74.1 Å². The van der Waals surface area contributed by atoms with Crippen LogP contribution in [0.5, 0.6) is 5.75 Å². The van der Waals surface area contributed by atoms with Crippen molar-refractivity contribution >= 4 is 29.8 Å². The third-order valence-electron chi connectivity index (χ3n) is 6.80. The molecule has 0 bridgehead atoms. The van der Waals surface area contributed by atoms with Crippen molar-refractivity contribution in [2.24, 2.45) is 11.8 Å². The molecule has 1 saturated heterocycles. The van der Waals surface area contributed by atoms with E-state index in [2.05, 4.69) is 5.32 Å². The normalized spacial score (nSPS) is 15.4. The molecule has 0 saturated carbocycles. The predicted molar refractivity (Wildman–Crippen MR) is 142 cm³/mol. The van der Waals surface area contributed by atoms with Crippen LogP contribution in [0.15, 0.2) is 42.5 Å². The van der Waals surface area contributed by atoms with Crippen molar-refractivity contribution in [2.45, 2.75) is 33.6 Å². The van der Waals surface area contributed by atoms with Crippen LogP contribution in [0.25, 0.3) is 0 Å². The molecule has 39 heavy (non-hydrogen) atoms. The van der Waals surface area contributed by atoms with E-state index in [0.717, 1.165) is 12.8 Å². The van der Waals surface area contributed by atoms with Gasteiger partial charge in [0.15, 0.2) is 0 Å². The van der Waals surface area contributed by atoms with Gasteiger partial charge in [-0.1, -0.05) is 13.8 Å². The lowest BCUT2D eigenvalue weighted by atomic mass is 9.95. The van der Waals surface area contributed by atoms with Crippen molar-refractivity contribution in [2.75, 3.05) is 32.8 Å². The summed E-state index contributed by atoms with van der Waals surface area (Å²) in [6.07, 6.45) is 0.652. The monoisotopic (exact) mass is 535 g/mol. The molecule has 2 aliphatic heterocycles. The number of nitrogens with zero attached hydrogens (tertiary/aromatic N) is 2. The van der Waals surface area contributed by atoms with Gasteiger partial charge in [0.2, 0.25) is 0 Å². The Bertz CT molecular complexity index is 1260. The molecule has 0 radical (unpaired) electrons. The lowest BCUT2D eigenvalue weighted by Crippen LogP contribution is -2.41. The molecule has 2 aliphatic rings. The van der Waals surface area contributed by atoms with Crippen LogP contribution in [0.2, 0.25) is 0 Å². The molecule has 10 nitrogen and oxygen atoms in total. The summed E-state index contributed by atoms with van der Waals surface area (Å²) < 4.78 is 9.72. The molecule has 4 rings (SSSR count). The molecule has 1 N–H and O–H groups in total. The highest BCUT2D eigenvalue weighted by atomic mass is 16.7. The van der Waals surface area contributed by atoms with E-state index in [1.165, 1.54) is 23.1 Å². The van der Waals surface area contributed by atoms with Crippen molar-refractivity contribution in [3.63, 3.8) is 0 Å². The van der Waals surface area contributed by atoms with Crippen LogP contribution in [-0.4, -0.2) is 72.4 Å². The SMILES string of the molecule is CCOC(=O)Oc1ccc(C(=O)NCC2CCN(C(=O)c3ccc4c(c3)C(=O)N(CC(C)C)C4=O)CC2)cc1. The first-order chi connectivity index (χ1) is 18.7. The molecule has 10 heteroatoms. The van der Waals surface area contributed by atoms with Crippen LogP contribution in [0.4, 0.5) is 4.79 Å². The van der Waals surface area contributed by atoms with Crippen LogP contribution in [0.3, 0.4) is 0 Å². The van der Waals surface area contributed by atoms with Crippen LogP contribution >= 0.6 is 0 Å². The summed E-state index contributed by atoms with van der Waals surface area (Å²) in [6, 6.07) is 10.9. The highest BCUT2D eigenvalue weighted by Gasteiger charge is 2.36. The van der Waals surface area contributed by atoms with Crippen molar-refractivity contribution in [1.29, 1.82) is 0 Å². The minimum Gasteiger partial charge on any atom is -0.434 e. The first-order valence-electron chi connectivity index (χ1n) is 13.2. The number of hydrogen-bond donors (Lipinski definition) is 1. The van der Waals surface area contributed by atoms with E-state index in [4.69, 9.17) is 9.47 Å². The number of piperidine rings is 1. The Hall–Kier alpha value is -4.21. The molecule has 2 aromatic rings. The zero-order valence-electron chi connectivity index (χ0n) is 22.4. The summed E-state index contributed by atoms with van der Waals surface area (Å²) >= 11 is 0. The van der Waals surface area contributed by atoms with Crippen LogP contribution in [-0.2, 0) is 4.74 Å². The Morgan fingerprint density at radius 1 is 0.949 bits per heavy atom. The van der Waals surface area contributed by atoms with E-state index in [0.29, 0.717) is 42.9 Å². The molecule has 0 aliphatic carbocycles. The fourth-order valence-corrected chi connectivity index (χ4v) is 4.73.